The Labute approximate surface area is 119 Å². The number of hydrogen-bond donors (Lipinski definition) is 0. The van der Waals surface area contributed by atoms with Crippen molar-refractivity contribution < 1.29 is 13.9 Å². The first kappa shape index (κ1) is 14.8. The molecule has 1 heterocycles. The van der Waals surface area contributed by atoms with E-state index >= 15 is 0 Å². The smallest absolute Gasteiger partial charge is 0.260 e. The van der Waals surface area contributed by atoms with Crippen LogP contribution in [-0.4, -0.2) is 30.5 Å². The highest BCUT2D eigenvalue weighted by Crippen LogP contribution is 2.42. The number of ether oxygens (including phenoxy) is 1. The van der Waals surface area contributed by atoms with Crippen molar-refractivity contribution in [2.24, 2.45) is 0 Å². The van der Waals surface area contributed by atoms with Crippen molar-refractivity contribution in [3.05, 3.63) is 29.1 Å². The summed E-state index contributed by atoms with van der Waals surface area (Å²) in [5, 5.41) is 0. The Bertz CT molecular complexity index is 497. The number of benzene rings is 1. The average Bonchev–Trinajstić information content (AvgIpc) is 3.28. The lowest BCUT2D eigenvalue weighted by Gasteiger charge is -2.17. The van der Waals surface area contributed by atoms with Gasteiger partial charge < -0.3 is 9.64 Å². The van der Waals surface area contributed by atoms with E-state index in [1.54, 1.807) is 4.90 Å². The zero-order chi connectivity index (χ0) is 14.7. The third-order valence-corrected chi connectivity index (χ3v) is 3.63. The largest absolute Gasteiger partial charge is 0.491 e. The lowest BCUT2D eigenvalue weighted by molar-refractivity contribution is 0.0761. The molecule has 1 fully saturated rings. The molecule has 1 aromatic carbocycles. The molecule has 0 N–H and O–H groups in total. The van der Waals surface area contributed by atoms with E-state index < -0.39 is 5.82 Å². The van der Waals surface area contributed by atoms with Gasteiger partial charge in [0.1, 0.15) is 23.7 Å². The average molecular weight is 279 g/mol. The lowest BCUT2D eigenvalue weighted by Crippen LogP contribution is -2.32. The number of carbonyl (C=O) groups is 1. The van der Waals surface area contributed by atoms with Crippen LogP contribution in [0.4, 0.5) is 4.39 Å². The van der Waals surface area contributed by atoms with Crippen molar-refractivity contribution in [3.8, 4) is 5.75 Å². The molecule has 110 valence electrons. The Morgan fingerprint density at radius 3 is 2.65 bits per heavy atom. The molecular weight excluding hydrogens is 257 g/mol. The molecule has 1 saturated carbocycles. The fourth-order valence-electron chi connectivity index (χ4n) is 2.40. The van der Waals surface area contributed by atoms with Crippen LogP contribution in [0, 0.1) is 5.82 Å². The molecule has 0 saturated heterocycles. The minimum atomic E-state index is -0.445. The Hall–Kier alpha value is -1.58. The van der Waals surface area contributed by atoms with Gasteiger partial charge in [0.05, 0.1) is 6.54 Å². The minimum Gasteiger partial charge on any atom is -0.491 e. The van der Waals surface area contributed by atoms with Crippen molar-refractivity contribution >= 4 is 5.91 Å². The maximum Gasteiger partial charge on any atom is 0.260 e. The molecule has 4 heteroatoms. The molecule has 20 heavy (non-hydrogen) atoms. The van der Waals surface area contributed by atoms with Crippen LogP contribution in [0.1, 0.15) is 55.5 Å². The number of amides is 1. The van der Waals surface area contributed by atoms with E-state index in [4.69, 9.17) is 4.74 Å². The maximum atomic E-state index is 14.1. The fourth-order valence-corrected chi connectivity index (χ4v) is 2.40. The van der Waals surface area contributed by atoms with Gasteiger partial charge in [-0.2, -0.15) is 0 Å². The number of rotatable bonds is 2. The highest BCUT2D eigenvalue weighted by Gasteiger charge is 2.30. The molecule has 1 aliphatic carbocycles. The van der Waals surface area contributed by atoms with E-state index in [-0.39, 0.29) is 11.5 Å². The summed E-state index contributed by atoms with van der Waals surface area (Å²) in [7, 11) is 0. The molecular formula is C16H22FNO2. The SMILES string of the molecule is CC.CCN1CCOc2cc(C3CC3)cc(F)c2C1=O. The zero-order valence-corrected chi connectivity index (χ0v) is 12.4. The summed E-state index contributed by atoms with van der Waals surface area (Å²) < 4.78 is 19.7. The number of halogens is 1. The normalized spacial score (nSPS) is 17.6. The van der Waals surface area contributed by atoms with Crippen LogP contribution >= 0.6 is 0 Å². The monoisotopic (exact) mass is 279 g/mol. The summed E-state index contributed by atoms with van der Waals surface area (Å²) >= 11 is 0. The standard InChI is InChI=1S/C14H16FNO2.C2H6/c1-2-16-5-6-18-12-8-10(9-3-4-9)7-11(15)13(12)14(16)17;1-2/h7-9H,2-6H2,1H3;1-2H3. The predicted octanol–water partition coefficient (Wildman–Crippen LogP) is 3.58. The van der Waals surface area contributed by atoms with Gasteiger partial charge in [-0.3, -0.25) is 4.79 Å². The molecule has 0 unspecified atom stereocenters. The minimum absolute atomic E-state index is 0.0961. The second-order valence-corrected chi connectivity index (χ2v) is 4.88. The quantitative estimate of drug-likeness (QED) is 0.828. The van der Waals surface area contributed by atoms with Crippen LogP contribution < -0.4 is 4.74 Å². The molecule has 1 aromatic rings. The number of hydrogen-bond acceptors (Lipinski definition) is 2. The Morgan fingerprint density at radius 1 is 1.35 bits per heavy atom. The molecule has 0 radical (unpaired) electrons. The van der Waals surface area contributed by atoms with Gasteiger partial charge >= 0.3 is 0 Å². The second kappa shape index (κ2) is 6.25. The van der Waals surface area contributed by atoms with Gasteiger partial charge in [0.25, 0.3) is 5.91 Å². The molecule has 1 aliphatic heterocycles. The van der Waals surface area contributed by atoms with E-state index in [9.17, 15) is 9.18 Å². The molecule has 1 amide bonds. The van der Waals surface area contributed by atoms with Gasteiger partial charge in [0, 0.05) is 6.54 Å². The van der Waals surface area contributed by atoms with E-state index in [0.717, 1.165) is 18.4 Å². The molecule has 0 aromatic heterocycles. The highest BCUT2D eigenvalue weighted by molar-refractivity contribution is 5.97. The van der Waals surface area contributed by atoms with Crippen LogP contribution in [0.2, 0.25) is 0 Å². The summed E-state index contributed by atoms with van der Waals surface area (Å²) in [6.07, 6.45) is 2.21. The third kappa shape index (κ3) is 2.79. The summed E-state index contributed by atoms with van der Waals surface area (Å²) in [4.78, 5) is 13.8. The zero-order valence-electron chi connectivity index (χ0n) is 12.4. The first-order chi connectivity index (χ1) is 9.70. The van der Waals surface area contributed by atoms with Crippen LogP contribution in [0.15, 0.2) is 12.1 Å². The molecule has 0 atom stereocenters. The topological polar surface area (TPSA) is 29.5 Å². The van der Waals surface area contributed by atoms with Gasteiger partial charge in [0.15, 0.2) is 0 Å². The van der Waals surface area contributed by atoms with Gasteiger partial charge in [-0.25, -0.2) is 4.39 Å². The number of nitrogens with zero attached hydrogens (tertiary/aromatic N) is 1. The Morgan fingerprint density at radius 2 is 2.05 bits per heavy atom. The molecule has 0 spiro atoms. The van der Waals surface area contributed by atoms with Crippen molar-refractivity contribution in [2.45, 2.75) is 39.5 Å². The maximum absolute atomic E-state index is 14.1. The fraction of sp³-hybridized carbons (Fsp3) is 0.562. The summed E-state index contributed by atoms with van der Waals surface area (Å²) in [5.74, 6) is 0.163. The van der Waals surface area contributed by atoms with E-state index in [1.165, 1.54) is 6.07 Å². The first-order valence-corrected chi connectivity index (χ1v) is 7.46. The molecule has 2 aliphatic rings. The second-order valence-electron chi connectivity index (χ2n) is 4.88. The number of fused-ring (bicyclic) bond motifs is 1. The summed E-state index contributed by atoms with van der Waals surface area (Å²) in [6, 6.07) is 3.34. The Kier molecular flexibility index (Phi) is 4.63. The predicted molar refractivity (Wildman–Crippen MR) is 76.8 cm³/mol. The van der Waals surface area contributed by atoms with Gasteiger partial charge in [-0.1, -0.05) is 13.8 Å². The third-order valence-electron chi connectivity index (χ3n) is 3.63. The van der Waals surface area contributed by atoms with E-state index in [0.29, 0.717) is 31.4 Å². The van der Waals surface area contributed by atoms with Crippen molar-refractivity contribution in [2.75, 3.05) is 19.7 Å². The van der Waals surface area contributed by atoms with Gasteiger partial charge in [-0.05, 0) is 43.4 Å². The lowest BCUT2D eigenvalue weighted by atomic mass is 10.1. The van der Waals surface area contributed by atoms with Crippen LogP contribution in [0.3, 0.4) is 0 Å². The van der Waals surface area contributed by atoms with Gasteiger partial charge in [-0.15, -0.1) is 0 Å². The summed E-state index contributed by atoms with van der Waals surface area (Å²) in [5.41, 5.74) is 1.06. The van der Waals surface area contributed by atoms with Crippen LogP contribution in [0.25, 0.3) is 0 Å². The van der Waals surface area contributed by atoms with Crippen molar-refractivity contribution in [1.82, 2.24) is 4.90 Å². The Balaban J connectivity index is 0.000000704. The van der Waals surface area contributed by atoms with Crippen LogP contribution in [-0.2, 0) is 0 Å². The van der Waals surface area contributed by atoms with E-state index in [2.05, 4.69) is 0 Å². The number of carbonyl (C=O) groups excluding carboxylic acids is 1. The van der Waals surface area contributed by atoms with Crippen molar-refractivity contribution in [1.29, 1.82) is 0 Å². The van der Waals surface area contributed by atoms with Crippen molar-refractivity contribution in [3.63, 3.8) is 0 Å². The molecule has 0 bridgehead atoms. The summed E-state index contributed by atoms with van der Waals surface area (Å²) in [6.45, 7) is 7.41. The molecule has 3 rings (SSSR count). The molecule has 3 nitrogen and oxygen atoms in total. The number of likely N-dealkylation sites (N-methyl/N-ethyl adjacent to an activating group) is 1. The highest BCUT2D eigenvalue weighted by atomic mass is 19.1. The van der Waals surface area contributed by atoms with Gasteiger partial charge in [0.2, 0.25) is 0 Å². The first-order valence-electron chi connectivity index (χ1n) is 7.46. The van der Waals surface area contributed by atoms with E-state index in [1.807, 2.05) is 26.8 Å². The van der Waals surface area contributed by atoms with Crippen LogP contribution in [0.5, 0.6) is 5.75 Å².